The number of nitro groups is 1. The molecule has 0 bridgehead atoms. The minimum Gasteiger partial charge on any atom is -0.377 e. The Morgan fingerprint density at radius 1 is 1.24 bits per heavy atom. The lowest BCUT2D eigenvalue weighted by Crippen LogP contribution is -2.36. The van der Waals surface area contributed by atoms with Crippen LogP contribution in [-0.2, 0) is 6.42 Å². The van der Waals surface area contributed by atoms with E-state index in [-0.39, 0.29) is 11.6 Å². The smallest absolute Gasteiger partial charge is 0.270 e. The maximum absolute atomic E-state index is 13.2. The Hall–Kier alpha value is -2.41. The third kappa shape index (κ3) is 3.37. The summed E-state index contributed by atoms with van der Waals surface area (Å²) in [5.41, 5.74) is 2.90. The second kappa shape index (κ2) is 6.84. The predicted molar refractivity (Wildman–Crippen MR) is 102 cm³/mol. The van der Waals surface area contributed by atoms with E-state index in [1.54, 1.807) is 15.9 Å². The van der Waals surface area contributed by atoms with Crippen LogP contribution >= 0.6 is 15.9 Å². The van der Waals surface area contributed by atoms with Crippen molar-refractivity contribution in [1.82, 2.24) is 0 Å². The molecule has 3 rings (SSSR count). The number of carbonyl (C=O) groups excluding carboxylic acids is 1. The van der Waals surface area contributed by atoms with Crippen LogP contribution in [0.25, 0.3) is 0 Å². The first-order chi connectivity index (χ1) is 11.9. The van der Waals surface area contributed by atoms with Crippen LogP contribution in [0.5, 0.6) is 0 Å². The van der Waals surface area contributed by atoms with Gasteiger partial charge in [0.1, 0.15) is 0 Å². The lowest BCUT2D eigenvalue weighted by molar-refractivity contribution is -0.384. The van der Waals surface area contributed by atoms with Crippen molar-refractivity contribution in [3.8, 4) is 0 Å². The Kier molecular flexibility index (Phi) is 4.76. The first-order valence-electron chi connectivity index (χ1n) is 7.94. The van der Waals surface area contributed by atoms with Crippen LogP contribution in [0.2, 0.25) is 0 Å². The molecule has 1 aliphatic heterocycles. The van der Waals surface area contributed by atoms with Crippen LogP contribution in [-0.4, -0.2) is 31.5 Å². The first-order valence-corrected chi connectivity index (χ1v) is 8.74. The van der Waals surface area contributed by atoms with Gasteiger partial charge in [-0.1, -0.05) is 15.9 Å². The fraction of sp³-hybridized carbons (Fsp3) is 0.278. The zero-order valence-electron chi connectivity index (χ0n) is 14.0. The highest BCUT2D eigenvalue weighted by Gasteiger charge is 2.27. The van der Waals surface area contributed by atoms with E-state index in [0.717, 1.165) is 28.6 Å². The van der Waals surface area contributed by atoms with E-state index in [0.29, 0.717) is 17.8 Å². The fourth-order valence-electron chi connectivity index (χ4n) is 3.12. The molecule has 1 amide bonds. The lowest BCUT2D eigenvalue weighted by atomic mass is 10.00. The van der Waals surface area contributed by atoms with Crippen molar-refractivity contribution in [3.63, 3.8) is 0 Å². The Morgan fingerprint density at radius 3 is 2.68 bits per heavy atom. The first kappa shape index (κ1) is 17.4. The average molecular weight is 404 g/mol. The van der Waals surface area contributed by atoms with Gasteiger partial charge < -0.3 is 9.80 Å². The molecule has 0 spiro atoms. The van der Waals surface area contributed by atoms with E-state index < -0.39 is 4.92 Å². The van der Waals surface area contributed by atoms with Crippen molar-refractivity contribution in [2.24, 2.45) is 0 Å². The third-order valence-electron chi connectivity index (χ3n) is 4.31. The van der Waals surface area contributed by atoms with Gasteiger partial charge in [0.15, 0.2) is 0 Å². The molecule has 6 nitrogen and oxygen atoms in total. The number of nitrogens with zero attached hydrogens (tertiary/aromatic N) is 3. The number of rotatable bonds is 3. The zero-order chi connectivity index (χ0) is 18.1. The normalized spacial score (nSPS) is 13.3. The molecule has 7 heteroatoms. The van der Waals surface area contributed by atoms with Gasteiger partial charge in [0, 0.05) is 48.6 Å². The van der Waals surface area contributed by atoms with E-state index in [2.05, 4.69) is 15.9 Å². The summed E-state index contributed by atoms with van der Waals surface area (Å²) in [7, 11) is 3.64. The molecular formula is C18H18BrN3O3. The van der Waals surface area contributed by atoms with Crippen molar-refractivity contribution >= 4 is 38.9 Å². The molecule has 2 aromatic rings. The zero-order valence-corrected chi connectivity index (χ0v) is 15.6. The third-order valence-corrected chi connectivity index (χ3v) is 4.80. The fourth-order valence-corrected chi connectivity index (χ4v) is 3.53. The summed E-state index contributed by atoms with van der Waals surface area (Å²) in [6.45, 7) is 0.600. The summed E-state index contributed by atoms with van der Waals surface area (Å²) in [5, 5.41) is 11.1. The molecule has 25 heavy (non-hydrogen) atoms. The molecule has 2 aromatic carbocycles. The molecule has 0 unspecified atom stereocenters. The summed E-state index contributed by atoms with van der Waals surface area (Å²) >= 11 is 3.46. The molecule has 0 radical (unpaired) electrons. The Labute approximate surface area is 154 Å². The van der Waals surface area contributed by atoms with Gasteiger partial charge in [0.2, 0.25) is 0 Å². The highest BCUT2D eigenvalue weighted by molar-refractivity contribution is 9.10. The Balaban J connectivity index is 2.07. The molecule has 130 valence electrons. The van der Waals surface area contributed by atoms with Gasteiger partial charge in [0.05, 0.1) is 10.5 Å². The second-order valence-electron chi connectivity index (χ2n) is 6.19. The number of carbonyl (C=O) groups is 1. The Bertz CT molecular complexity index is 851. The molecule has 1 heterocycles. The van der Waals surface area contributed by atoms with E-state index >= 15 is 0 Å². The summed E-state index contributed by atoms with van der Waals surface area (Å²) in [6.07, 6.45) is 1.77. The summed E-state index contributed by atoms with van der Waals surface area (Å²) in [5.74, 6) is -0.212. The van der Waals surface area contributed by atoms with Crippen molar-refractivity contribution in [2.75, 3.05) is 30.4 Å². The van der Waals surface area contributed by atoms with E-state index in [9.17, 15) is 14.9 Å². The summed E-state index contributed by atoms with van der Waals surface area (Å²) < 4.78 is 0.977. The number of fused-ring (bicyclic) bond motifs is 1. The number of anilines is 2. The quantitative estimate of drug-likeness (QED) is 0.573. The van der Waals surface area contributed by atoms with Crippen LogP contribution in [0.15, 0.2) is 40.9 Å². The topological polar surface area (TPSA) is 66.7 Å². The van der Waals surface area contributed by atoms with E-state index in [4.69, 9.17) is 0 Å². The Morgan fingerprint density at radius 2 is 2.00 bits per heavy atom. The number of benzene rings is 2. The maximum atomic E-state index is 13.2. The molecule has 0 saturated heterocycles. The number of aryl methyl sites for hydroxylation is 1. The molecule has 0 N–H and O–H groups in total. The average Bonchev–Trinajstić information content (AvgIpc) is 2.59. The van der Waals surface area contributed by atoms with Crippen molar-refractivity contribution in [1.29, 1.82) is 0 Å². The number of halogens is 1. The van der Waals surface area contributed by atoms with Gasteiger partial charge >= 0.3 is 0 Å². The number of amides is 1. The second-order valence-corrected chi connectivity index (χ2v) is 7.10. The summed E-state index contributed by atoms with van der Waals surface area (Å²) in [4.78, 5) is 27.4. The molecule has 0 aliphatic carbocycles. The van der Waals surface area contributed by atoms with Gasteiger partial charge in [-0.3, -0.25) is 14.9 Å². The monoisotopic (exact) mass is 403 g/mol. The molecule has 0 fully saturated rings. The highest BCUT2D eigenvalue weighted by Crippen LogP contribution is 2.33. The molecule has 1 aliphatic rings. The van der Waals surface area contributed by atoms with Crippen LogP contribution in [0.3, 0.4) is 0 Å². The highest BCUT2D eigenvalue weighted by atomic mass is 79.9. The number of non-ortho nitro benzene ring substituents is 1. The molecule has 0 saturated carbocycles. The molecular weight excluding hydrogens is 386 g/mol. The van der Waals surface area contributed by atoms with Gasteiger partial charge in [-0.25, -0.2) is 0 Å². The van der Waals surface area contributed by atoms with Gasteiger partial charge in [-0.2, -0.15) is 0 Å². The molecule has 0 atom stereocenters. The standard InChI is InChI=1S/C18H18BrN3O3/c1-20(2)17-8-6-14(22(24)25)11-15(17)18(23)21-9-3-4-12-10-13(19)5-7-16(12)21/h5-8,10-11H,3-4,9H2,1-2H3. The van der Waals surface area contributed by atoms with Crippen LogP contribution in [0.4, 0.5) is 17.1 Å². The van der Waals surface area contributed by atoms with Crippen molar-refractivity contribution in [3.05, 3.63) is 62.1 Å². The largest absolute Gasteiger partial charge is 0.377 e. The van der Waals surface area contributed by atoms with Gasteiger partial charge in [0.25, 0.3) is 11.6 Å². The minimum atomic E-state index is -0.475. The van der Waals surface area contributed by atoms with Crippen LogP contribution in [0.1, 0.15) is 22.3 Å². The molecule has 0 aromatic heterocycles. The predicted octanol–water partition coefficient (Wildman–Crippen LogP) is 4.02. The van der Waals surface area contributed by atoms with Gasteiger partial charge in [-0.05, 0) is 42.7 Å². The summed E-state index contributed by atoms with van der Waals surface area (Å²) in [6, 6.07) is 10.3. The van der Waals surface area contributed by atoms with Crippen LogP contribution < -0.4 is 9.80 Å². The number of hydrogen-bond donors (Lipinski definition) is 0. The SMILES string of the molecule is CN(C)c1ccc([N+](=O)[O-])cc1C(=O)N1CCCc2cc(Br)ccc21. The number of hydrogen-bond acceptors (Lipinski definition) is 4. The van der Waals surface area contributed by atoms with Crippen molar-refractivity contribution in [2.45, 2.75) is 12.8 Å². The van der Waals surface area contributed by atoms with Crippen LogP contribution in [0, 0.1) is 10.1 Å². The van der Waals surface area contributed by atoms with E-state index in [1.165, 1.54) is 12.1 Å². The van der Waals surface area contributed by atoms with E-state index in [1.807, 2.05) is 32.3 Å². The van der Waals surface area contributed by atoms with Gasteiger partial charge in [-0.15, -0.1) is 0 Å². The van der Waals surface area contributed by atoms with Crippen molar-refractivity contribution < 1.29 is 9.72 Å². The number of nitro benzene ring substituents is 1. The maximum Gasteiger partial charge on any atom is 0.270 e. The minimum absolute atomic E-state index is 0.0815. The lowest BCUT2D eigenvalue weighted by Gasteiger charge is -2.30.